The van der Waals surface area contributed by atoms with Gasteiger partial charge in [-0.15, -0.1) is 0 Å². The normalized spacial score (nSPS) is 15.6. The lowest BCUT2D eigenvalue weighted by Gasteiger charge is -2.02. The van der Waals surface area contributed by atoms with E-state index in [9.17, 15) is 8.42 Å². The van der Waals surface area contributed by atoms with E-state index in [0.29, 0.717) is 17.6 Å². The Hall–Kier alpha value is -1.47. The van der Waals surface area contributed by atoms with Crippen LogP contribution in [-0.2, 0) is 15.6 Å². The molecular formula is C11H11ClN4O2S. The predicted octanol–water partition coefficient (Wildman–Crippen LogP) is 1.70. The quantitative estimate of drug-likeness (QED) is 0.928. The van der Waals surface area contributed by atoms with Gasteiger partial charge in [0.05, 0.1) is 5.02 Å². The van der Waals surface area contributed by atoms with Gasteiger partial charge in [-0.2, -0.15) is 5.10 Å². The zero-order valence-corrected chi connectivity index (χ0v) is 11.4. The van der Waals surface area contributed by atoms with Crippen molar-refractivity contribution in [3.8, 4) is 0 Å². The number of H-pyrrole nitrogens is 1. The summed E-state index contributed by atoms with van der Waals surface area (Å²) < 4.78 is 24.4. The van der Waals surface area contributed by atoms with Gasteiger partial charge < -0.3 is 0 Å². The predicted molar refractivity (Wildman–Crippen MR) is 68.5 cm³/mol. The first kappa shape index (κ1) is 12.6. The Bertz CT molecular complexity index is 709. The summed E-state index contributed by atoms with van der Waals surface area (Å²) >= 11 is 5.85. The third-order valence-electron chi connectivity index (χ3n) is 2.84. The Labute approximate surface area is 115 Å². The largest absolute Gasteiger partial charge is 0.262 e. The number of sulfone groups is 1. The zero-order valence-electron chi connectivity index (χ0n) is 9.88. The van der Waals surface area contributed by atoms with E-state index in [4.69, 9.17) is 11.6 Å². The number of aromatic nitrogens is 4. The number of rotatable bonds is 4. The molecule has 2 aromatic heterocycles. The number of hydrogen-bond donors (Lipinski definition) is 1. The van der Waals surface area contributed by atoms with Crippen LogP contribution in [0.1, 0.15) is 30.4 Å². The molecule has 0 saturated heterocycles. The van der Waals surface area contributed by atoms with Crippen LogP contribution >= 0.6 is 11.6 Å². The monoisotopic (exact) mass is 298 g/mol. The first-order valence-electron chi connectivity index (χ1n) is 5.81. The molecule has 3 rings (SSSR count). The van der Waals surface area contributed by atoms with Crippen LogP contribution in [0, 0.1) is 0 Å². The molecule has 0 atom stereocenters. The molecule has 1 fully saturated rings. The average molecular weight is 299 g/mol. The van der Waals surface area contributed by atoms with Crippen molar-refractivity contribution in [1.29, 1.82) is 0 Å². The van der Waals surface area contributed by atoms with Crippen molar-refractivity contribution >= 4 is 21.4 Å². The Balaban J connectivity index is 1.86. The number of nitrogens with zero attached hydrogens (tertiary/aromatic N) is 3. The molecule has 2 heterocycles. The molecule has 0 bridgehead atoms. The highest BCUT2D eigenvalue weighted by atomic mass is 35.5. The van der Waals surface area contributed by atoms with Gasteiger partial charge in [0.2, 0.25) is 9.84 Å². The van der Waals surface area contributed by atoms with Gasteiger partial charge >= 0.3 is 0 Å². The van der Waals surface area contributed by atoms with Crippen LogP contribution < -0.4 is 0 Å². The lowest BCUT2D eigenvalue weighted by molar-refractivity contribution is 0.590. The standard InChI is InChI=1S/C11H11ClN4O2S/c12-8-2-1-5-13-11(8)19(17,18)6-9-14-10(16-15-9)7-3-4-7/h1-2,5,7H,3-4,6H2,(H,14,15,16). The van der Waals surface area contributed by atoms with Crippen LogP contribution in [0.25, 0.3) is 0 Å². The minimum absolute atomic E-state index is 0.115. The van der Waals surface area contributed by atoms with Crippen molar-refractivity contribution in [3.63, 3.8) is 0 Å². The SMILES string of the molecule is O=S(=O)(Cc1nc(C2CC2)n[nH]1)c1ncccc1Cl. The highest BCUT2D eigenvalue weighted by Gasteiger charge is 2.29. The molecule has 19 heavy (non-hydrogen) atoms. The van der Waals surface area contributed by atoms with Crippen molar-refractivity contribution in [2.75, 3.05) is 0 Å². The number of halogens is 1. The molecule has 1 aliphatic rings. The summed E-state index contributed by atoms with van der Waals surface area (Å²) in [4.78, 5) is 8.01. The smallest absolute Gasteiger partial charge is 0.204 e. The summed E-state index contributed by atoms with van der Waals surface area (Å²) in [6.45, 7) is 0. The van der Waals surface area contributed by atoms with Gasteiger partial charge in [-0.1, -0.05) is 11.6 Å². The van der Waals surface area contributed by atoms with E-state index in [0.717, 1.165) is 12.8 Å². The van der Waals surface area contributed by atoms with Gasteiger partial charge in [0.25, 0.3) is 0 Å². The van der Waals surface area contributed by atoms with Crippen LogP contribution in [0.5, 0.6) is 0 Å². The molecular weight excluding hydrogens is 288 g/mol. The van der Waals surface area contributed by atoms with E-state index in [2.05, 4.69) is 20.2 Å². The Morgan fingerprint density at radius 3 is 2.89 bits per heavy atom. The number of nitrogens with one attached hydrogen (secondary N) is 1. The van der Waals surface area contributed by atoms with Crippen molar-refractivity contribution in [2.24, 2.45) is 0 Å². The molecule has 0 aromatic carbocycles. The zero-order chi connectivity index (χ0) is 13.5. The third-order valence-corrected chi connectivity index (χ3v) is 4.82. The Kier molecular flexibility index (Phi) is 3.02. The molecule has 1 N–H and O–H groups in total. The summed E-state index contributed by atoms with van der Waals surface area (Å²) in [5.74, 6) is 1.12. The fourth-order valence-electron chi connectivity index (χ4n) is 1.75. The second kappa shape index (κ2) is 4.57. The Morgan fingerprint density at radius 2 is 2.21 bits per heavy atom. The molecule has 0 spiro atoms. The molecule has 6 nitrogen and oxygen atoms in total. The second-order valence-corrected chi connectivity index (χ2v) is 6.78. The van der Waals surface area contributed by atoms with Crippen molar-refractivity contribution in [2.45, 2.75) is 29.5 Å². The summed E-state index contributed by atoms with van der Waals surface area (Å²) in [5.41, 5.74) is 0. The van der Waals surface area contributed by atoms with Gasteiger partial charge in [-0.05, 0) is 25.0 Å². The maximum Gasteiger partial charge on any atom is 0.204 e. The molecule has 0 aliphatic heterocycles. The molecule has 8 heteroatoms. The second-order valence-electron chi connectivity index (χ2n) is 4.46. The van der Waals surface area contributed by atoms with E-state index in [-0.39, 0.29) is 15.8 Å². The van der Waals surface area contributed by atoms with Gasteiger partial charge in [0.1, 0.15) is 11.6 Å². The minimum Gasteiger partial charge on any atom is -0.262 e. The number of aromatic amines is 1. The molecule has 1 saturated carbocycles. The lowest BCUT2D eigenvalue weighted by atomic mass is 10.4. The maximum absolute atomic E-state index is 12.2. The van der Waals surface area contributed by atoms with E-state index >= 15 is 0 Å². The number of hydrogen-bond acceptors (Lipinski definition) is 5. The van der Waals surface area contributed by atoms with Gasteiger partial charge in [-0.3, -0.25) is 5.10 Å². The highest BCUT2D eigenvalue weighted by molar-refractivity contribution is 7.90. The van der Waals surface area contributed by atoms with E-state index in [1.165, 1.54) is 12.3 Å². The highest BCUT2D eigenvalue weighted by Crippen LogP contribution is 2.37. The Morgan fingerprint density at radius 1 is 1.42 bits per heavy atom. The van der Waals surface area contributed by atoms with Crippen molar-refractivity contribution < 1.29 is 8.42 Å². The first-order valence-corrected chi connectivity index (χ1v) is 7.84. The topological polar surface area (TPSA) is 88.6 Å². The summed E-state index contributed by atoms with van der Waals surface area (Å²) in [6, 6.07) is 3.08. The minimum atomic E-state index is -3.61. The van der Waals surface area contributed by atoms with Crippen LogP contribution in [0.2, 0.25) is 5.02 Å². The van der Waals surface area contributed by atoms with E-state index < -0.39 is 9.84 Å². The molecule has 0 amide bonds. The lowest BCUT2D eigenvalue weighted by Crippen LogP contribution is -2.09. The van der Waals surface area contributed by atoms with Crippen LogP contribution in [0.4, 0.5) is 0 Å². The summed E-state index contributed by atoms with van der Waals surface area (Å²) in [6.07, 6.45) is 3.53. The van der Waals surface area contributed by atoms with Gasteiger partial charge in [-0.25, -0.2) is 18.4 Å². The van der Waals surface area contributed by atoms with Crippen LogP contribution in [-0.4, -0.2) is 28.6 Å². The fourth-order valence-corrected chi connectivity index (χ4v) is 3.43. The summed E-state index contributed by atoms with van der Waals surface area (Å²) in [7, 11) is -3.61. The molecule has 2 aromatic rings. The van der Waals surface area contributed by atoms with E-state index in [1.54, 1.807) is 6.07 Å². The first-order chi connectivity index (χ1) is 9.06. The van der Waals surface area contributed by atoms with Crippen LogP contribution in [0.15, 0.2) is 23.4 Å². The molecule has 100 valence electrons. The summed E-state index contributed by atoms with van der Waals surface area (Å²) in [5, 5.41) is 6.68. The van der Waals surface area contributed by atoms with E-state index in [1.807, 2.05) is 0 Å². The average Bonchev–Trinajstić information content (AvgIpc) is 3.11. The fraction of sp³-hybridized carbons (Fsp3) is 0.364. The molecule has 0 radical (unpaired) electrons. The van der Waals surface area contributed by atoms with Gasteiger partial charge in [0.15, 0.2) is 10.9 Å². The molecule has 1 aliphatic carbocycles. The van der Waals surface area contributed by atoms with Crippen LogP contribution in [0.3, 0.4) is 0 Å². The third kappa shape index (κ3) is 2.62. The number of pyridine rings is 1. The van der Waals surface area contributed by atoms with Crippen molar-refractivity contribution in [1.82, 2.24) is 20.2 Å². The maximum atomic E-state index is 12.2. The van der Waals surface area contributed by atoms with Gasteiger partial charge in [0, 0.05) is 12.1 Å². The molecule has 0 unspecified atom stereocenters. The van der Waals surface area contributed by atoms with Crippen molar-refractivity contribution in [3.05, 3.63) is 35.0 Å².